The van der Waals surface area contributed by atoms with Gasteiger partial charge >= 0.3 is 5.97 Å². The van der Waals surface area contributed by atoms with Crippen molar-refractivity contribution in [3.8, 4) is 0 Å². The number of hydrogen-bond donors (Lipinski definition) is 1. The molecule has 0 saturated carbocycles. The molecule has 0 rings (SSSR count). The topological polar surface area (TPSA) is 66.8 Å². The molecule has 0 spiro atoms. The second-order valence-corrected chi connectivity index (χ2v) is 6.26. The van der Waals surface area contributed by atoms with E-state index in [-0.39, 0.29) is 25.1 Å². The van der Waals surface area contributed by atoms with Gasteiger partial charge in [-0.2, -0.15) is 0 Å². The van der Waals surface area contributed by atoms with E-state index in [0.29, 0.717) is 25.9 Å². The second-order valence-electron chi connectivity index (χ2n) is 6.26. The fraction of sp³-hybridized carbons (Fsp3) is 0.895. The number of aliphatic hydroxyl groups excluding tert-OH is 1. The zero-order valence-electron chi connectivity index (χ0n) is 15.7. The molecule has 24 heavy (non-hydrogen) atoms. The number of amides is 1. The van der Waals surface area contributed by atoms with Gasteiger partial charge in [0.1, 0.15) is 6.61 Å². The first-order chi connectivity index (χ1) is 11.7. The highest BCUT2D eigenvalue weighted by Crippen LogP contribution is 2.11. The summed E-state index contributed by atoms with van der Waals surface area (Å²) in [5, 5.41) is 9.07. The van der Waals surface area contributed by atoms with Gasteiger partial charge < -0.3 is 14.7 Å². The Morgan fingerprint density at radius 1 is 0.875 bits per heavy atom. The smallest absolute Gasteiger partial charge is 0.305 e. The molecule has 0 aromatic rings. The number of unbranched alkanes of at least 4 members (excludes halogenated alkanes) is 8. The minimum absolute atomic E-state index is 0.0412. The summed E-state index contributed by atoms with van der Waals surface area (Å²) in [6, 6.07) is 0. The summed E-state index contributed by atoms with van der Waals surface area (Å²) in [5.74, 6) is -0.218. The normalized spacial score (nSPS) is 10.6. The largest absolute Gasteiger partial charge is 0.464 e. The number of ether oxygens (including phenoxy) is 1. The number of aliphatic hydroxyl groups is 1. The minimum Gasteiger partial charge on any atom is -0.464 e. The molecule has 0 saturated heterocycles. The Balaban J connectivity index is 3.73. The SMILES string of the molecule is CCCCCCCCCCCC(=O)N(CCO)CCOC(=O)CC. The Bertz CT molecular complexity index is 320. The molecular weight excluding hydrogens is 306 g/mol. The molecule has 5 heteroatoms. The number of carbonyl (C=O) groups is 2. The summed E-state index contributed by atoms with van der Waals surface area (Å²) in [4.78, 5) is 24.9. The zero-order valence-corrected chi connectivity index (χ0v) is 15.7. The highest BCUT2D eigenvalue weighted by Gasteiger charge is 2.13. The van der Waals surface area contributed by atoms with E-state index in [9.17, 15) is 9.59 Å². The van der Waals surface area contributed by atoms with Crippen LogP contribution >= 0.6 is 0 Å². The third kappa shape index (κ3) is 13.3. The van der Waals surface area contributed by atoms with Crippen molar-refractivity contribution in [2.75, 3.05) is 26.3 Å². The summed E-state index contributed by atoms with van der Waals surface area (Å²) in [6.07, 6.45) is 11.9. The van der Waals surface area contributed by atoms with Gasteiger partial charge in [0, 0.05) is 19.4 Å². The molecule has 142 valence electrons. The zero-order chi connectivity index (χ0) is 18.0. The van der Waals surface area contributed by atoms with Crippen LogP contribution in [-0.4, -0.2) is 48.2 Å². The van der Waals surface area contributed by atoms with Crippen LogP contribution in [0.2, 0.25) is 0 Å². The monoisotopic (exact) mass is 343 g/mol. The van der Waals surface area contributed by atoms with Crippen LogP contribution in [0.5, 0.6) is 0 Å². The molecule has 0 heterocycles. The van der Waals surface area contributed by atoms with Crippen LogP contribution < -0.4 is 0 Å². The Morgan fingerprint density at radius 3 is 2.00 bits per heavy atom. The number of nitrogens with zero attached hydrogens (tertiary/aromatic N) is 1. The third-order valence-corrected chi connectivity index (χ3v) is 4.13. The van der Waals surface area contributed by atoms with Gasteiger partial charge in [0.05, 0.1) is 13.2 Å². The third-order valence-electron chi connectivity index (χ3n) is 4.13. The van der Waals surface area contributed by atoms with Gasteiger partial charge in [0.2, 0.25) is 5.91 Å². The molecule has 5 nitrogen and oxygen atoms in total. The van der Waals surface area contributed by atoms with Crippen LogP contribution in [0.3, 0.4) is 0 Å². The van der Waals surface area contributed by atoms with Crippen molar-refractivity contribution in [1.29, 1.82) is 0 Å². The van der Waals surface area contributed by atoms with Crippen LogP contribution in [0.25, 0.3) is 0 Å². The maximum absolute atomic E-state index is 12.2. The molecule has 0 aromatic heterocycles. The highest BCUT2D eigenvalue weighted by atomic mass is 16.5. The fourth-order valence-electron chi connectivity index (χ4n) is 2.60. The molecule has 0 atom stereocenters. The van der Waals surface area contributed by atoms with E-state index in [2.05, 4.69) is 6.92 Å². The van der Waals surface area contributed by atoms with Crippen molar-refractivity contribution in [2.45, 2.75) is 84.5 Å². The second kappa shape index (κ2) is 16.7. The standard InChI is InChI=1S/C19H37NO4/c1-3-5-6-7-8-9-10-11-12-13-18(22)20(14-16-21)15-17-24-19(23)4-2/h21H,3-17H2,1-2H3. The molecule has 0 aliphatic heterocycles. The van der Waals surface area contributed by atoms with Gasteiger partial charge in [-0.15, -0.1) is 0 Å². The Labute approximate surface area is 147 Å². The van der Waals surface area contributed by atoms with E-state index < -0.39 is 0 Å². The first-order valence-electron chi connectivity index (χ1n) is 9.69. The molecule has 0 unspecified atom stereocenters. The molecule has 0 radical (unpaired) electrons. The van der Waals surface area contributed by atoms with Gasteiger partial charge in [-0.05, 0) is 6.42 Å². The van der Waals surface area contributed by atoms with Crippen LogP contribution in [0.15, 0.2) is 0 Å². The van der Waals surface area contributed by atoms with E-state index in [0.717, 1.165) is 12.8 Å². The molecule has 0 aromatic carbocycles. The van der Waals surface area contributed by atoms with Crippen molar-refractivity contribution >= 4 is 11.9 Å². The number of esters is 1. The first-order valence-corrected chi connectivity index (χ1v) is 9.69. The minimum atomic E-state index is -0.259. The van der Waals surface area contributed by atoms with Crippen molar-refractivity contribution in [3.05, 3.63) is 0 Å². The average Bonchev–Trinajstić information content (AvgIpc) is 2.59. The van der Waals surface area contributed by atoms with Gasteiger partial charge in [0.25, 0.3) is 0 Å². The van der Waals surface area contributed by atoms with E-state index in [1.807, 2.05) is 0 Å². The fourth-order valence-corrected chi connectivity index (χ4v) is 2.60. The van der Waals surface area contributed by atoms with E-state index in [4.69, 9.17) is 9.84 Å². The quantitative estimate of drug-likeness (QED) is 0.343. The predicted octanol–water partition coefficient (Wildman–Crippen LogP) is 3.68. The molecular formula is C19H37NO4. The van der Waals surface area contributed by atoms with Crippen LogP contribution in [0.4, 0.5) is 0 Å². The van der Waals surface area contributed by atoms with Crippen LogP contribution in [0.1, 0.15) is 84.5 Å². The molecule has 0 bridgehead atoms. The summed E-state index contributed by atoms with van der Waals surface area (Å²) in [5.41, 5.74) is 0. The van der Waals surface area contributed by atoms with E-state index in [1.165, 1.54) is 44.9 Å². The van der Waals surface area contributed by atoms with Crippen molar-refractivity contribution < 1.29 is 19.4 Å². The van der Waals surface area contributed by atoms with Gasteiger partial charge in [0.15, 0.2) is 0 Å². The lowest BCUT2D eigenvalue weighted by molar-refractivity contribution is -0.145. The lowest BCUT2D eigenvalue weighted by Crippen LogP contribution is -2.36. The molecule has 0 aliphatic carbocycles. The molecule has 1 amide bonds. The maximum atomic E-state index is 12.2. The van der Waals surface area contributed by atoms with Crippen molar-refractivity contribution in [2.24, 2.45) is 0 Å². The Morgan fingerprint density at radius 2 is 1.46 bits per heavy atom. The van der Waals surface area contributed by atoms with E-state index >= 15 is 0 Å². The van der Waals surface area contributed by atoms with E-state index in [1.54, 1.807) is 11.8 Å². The van der Waals surface area contributed by atoms with Crippen LogP contribution in [0, 0.1) is 0 Å². The van der Waals surface area contributed by atoms with Gasteiger partial charge in [-0.25, -0.2) is 0 Å². The number of hydrogen-bond acceptors (Lipinski definition) is 4. The van der Waals surface area contributed by atoms with Gasteiger partial charge in [-0.3, -0.25) is 9.59 Å². The summed E-state index contributed by atoms with van der Waals surface area (Å²) < 4.78 is 5.00. The number of carbonyl (C=O) groups excluding carboxylic acids is 2. The summed E-state index contributed by atoms with van der Waals surface area (Å²) >= 11 is 0. The Kier molecular flexibility index (Phi) is 16.0. The molecule has 0 aliphatic rings. The summed E-state index contributed by atoms with van der Waals surface area (Å²) in [7, 11) is 0. The lowest BCUT2D eigenvalue weighted by Gasteiger charge is -2.21. The highest BCUT2D eigenvalue weighted by molar-refractivity contribution is 5.76. The van der Waals surface area contributed by atoms with Crippen molar-refractivity contribution in [3.63, 3.8) is 0 Å². The Hall–Kier alpha value is -1.10. The molecule has 1 N–H and O–H groups in total. The average molecular weight is 344 g/mol. The maximum Gasteiger partial charge on any atom is 0.305 e. The van der Waals surface area contributed by atoms with Gasteiger partial charge in [-0.1, -0.05) is 65.2 Å². The van der Waals surface area contributed by atoms with Crippen molar-refractivity contribution in [1.82, 2.24) is 4.90 Å². The first kappa shape index (κ1) is 22.9. The van der Waals surface area contributed by atoms with Crippen LogP contribution in [-0.2, 0) is 14.3 Å². The number of rotatable bonds is 16. The predicted molar refractivity (Wildman–Crippen MR) is 96.8 cm³/mol. The summed E-state index contributed by atoms with van der Waals surface area (Å²) in [6.45, 7) is 4.78. The molecule has 0 fully saturated rings. The lowest BCUT2D eigenvalue weighted by atomic mass is 10.1.